The molecule has 19 heavy (non-hydrogen) atoms. The fourth-order valence-electron chi connectivity index (χ4n) is 1.80. The molecular weight excluding hydrogens is 248 g/mol. The van der Waals surface area contributed by atoms with Gasteiger partial charge in [0.1, 0.15) is 11.9 Å². The molecule has 1 aromatic rings. The van der Waals surface area contributed by atoms with Crippen molar-refractivity contribution < 1.29 is 14.7 Å². The third-order valence-electron chi connectivity index (χ3n) is 3.44. The van der Waals surface area contributed by atoms with Crippen molar-refractivity contribution in [2.24, 2.45) is 5.92 Å². The van der Waals surface area contributed by atoms with E-state index < -0.39 is 17.9 Å². The first kappa shape index (κ1) is 13.5. The molecule has 1 heterocycles. The quantitative estimate of drug-likeness (QED) is 0.709. The van der Waals surface area contributed by atoms with E-state index in [4.69, 9.17) is 5.11 Å². The molecule has 1 amide bonds. The Bertz CT molecular complexity index is 481. The van der Waals surface area contributed by atoms with Crippen molar-refractivity contribution in [2.45, 2.75) is 45.1 Å². The molecule has 0 bridgehead atoms. The van der Waals surface area contributed by atoms with Gasteiger partial charge in [-0.15, -0.1) is 5.10 Å². The minimum absolute atomic E-state index is 0.0106. The van der Waals surface area contributed by atoms with Crippen molar-refractivity contribution in [1.82, 2.24) is 20.5 Å². The summed E-state index contributed by atoms with van der Waals surface area (Å²) in [6, 6.07) is -0.916. The number of carbonyl (C=O) groups excluding carboxylic acids is 1. The van der Waals surface area contributed by atoms with Crippen LogP contribution in [0, 0.1) is 5.92 Å². The summed E-state index contributed by atoms with van der Waals surface area (Å²) in [5.41, 5.74) is 0. The Kier molecular flexibility index (Phi) is 3.82. The average molecular weight is 266 g/mol. The first-order chi connectivity index (χ1) is 9.02. The van der Waals surface area contributed by atoms with E-state index in [0.29, 0.717) is 18.2 Å². The van der Waals surface area contributed by atoms with Gasteiger partial charge >= 0.3 is 5.97 Å². The number of H-pyrrole nitrogens is 1. The lowest BCUT2D eigenvalue weighted by Gasteiger charge is -2.19. The fourth-order valence-corrected chi connectivity index (χ4v) is 1.80. The summed E-state index contributed by atoms with van der Waals surface area (Å²) in [7, 11) is 0. The summed E-state index contributed by atoms with van der Waals surface area (Å²) in [6.07, 6.45) is 2.78. The molecule has 2 rings (SSSR count). The normalized spacial score (nSPS) is 17.8. The topological polar surface area (TPSA) is 108 Å². The summed E-state index contributed by atoms with van der Waals surface area (Å²) in [5.74, 6) is -0.643. The van der Waals surface area contributed by atoms with Gasteiger partial charge in [-0.05, 0) is 18.8 Å². The molecule has 0 aromatic carbocycles. The van der Waals surface area contributed by atoms with Crippen LogP contribution in [0.1, 0.15) is 55.5 Å². The summed E-state index contributed by atoms with van der Waals surface area (Å²) in [5, 5.41) is 18.1. The van der Waals surface area contributed by atoms with E-state index in [-0.39, 0.29) is 11.7 Å². The van der Waals surface area contributed by atoms with Gasteiger partial charge in [-0.3, -0.25) is 9.89 Å². The first-order valence-electron chi connectivity index (χ1n) is 6.48. The number of hydrogen-bond acceptors (Lipinski definition) is 4. The van der Waals surface area contributed by atoms with E-state index >= 15 is 0 Å². The Balaban J connectivity index is 2.03. The van der Waals surface area contributed by atoms with Gasteiger partial charge in [0.25, 0.3) is 5.91 Å². The number of carbonyl (C=O) groups is 2. The zero-order valence-corrected chi connectivity index (χ0v) is 11.0. The summed E-state index contributed by atoms with van der Waals surface area (Å²) < 4.78 is 0. The minimum Gasteiger partial charge on any atom is -0.480 e. The molecule has 7 nitrogen and oxygen atoms in total. The number of carboxylic acid groups (broad SMARTS) is 1. The molecule has 1 saturated carbocycles. The number of aromatic amines is 1. The van der Waals surface area contributed by atoms with Gasteiger partial charge in [-0.2, -0.15) is 0 Å². The molecule has 1 fully saturated rings. The molecule has 0 radical (unpaired) electrons. The Labute approximate surface area is 110 Å². The van der Waals surface area contributed by atoms with Gasteiger partial charge in [0.05, 0.1) is 0 Å². The Morgan fingerprint density at radius 2 is 2.21 bits per heavy atom. The second kappa shape index (κ2) is 5.38. The predicted octanol–water partition coefficient (Wildman–Crippen LogP) is 0.911. The lowest BCUT2D eigenvalue weighted by molar-refractivity contribution is -0.140. The van der Waals surface area contributed by atoms with Crippen molar-refractivity contribution in [3.05, 3.63) is 11.6 Å². The van der Waals surface area contributed by atoms with Gasteiger partial charge in [0.2, 0.25) is 5.82 Å². The predicted molar refractivity (Wildman–Crippen MR) is 66.7 cm³/mol. The number of aliphatic carboxylic acids is 1. The van der Waals surface area contributed by atoms with Crippen LogP contribution in [0.2, 0.25) is 0 Å². The van der Waals surface area contributed by atoms with Crippen LogP contribution in [0.4, 0.5) is 0 Å². The number of rotatable bonds is 6. The molecule has 1 aromatic heterocycles. The van der Waals surface area contributed by atoms with E-state index in [1.807, 2.05) is 6.92 Å². The van der Waals surface area contributed by atoms with Crippen molar-refractivity contribution >= 4 is 11.9 Å². The number of carboxylic acids is 1. The highest BCUT2D eigenvalue weighted by molar-refractivity contribution is 5.93. The maximum absolute atomic E-state index is 11.9. The zero-order valence-electron chi connectivity index (χ0n) is 11.0. The molecule has 1 aliphatic carbocycles. The number of amides is 1. The molecule has 0 aliphatic heterocycles. The van der Waals surface area contributed by atoms with Crippen molar-refractivity contribution in [3.8, 4) is 0 Å². The lowest BCUT2D eigenvalue weighted by atomic mass is 9.99. The van der Waals surface area contributed by atoms with Crippen molar-refractivity contribution in [2.75, 3.05) is 0 Å². The highest BCUT2D eigenvalue weighted by atomic mass is 16.4. The molecule has 1 unspecified atom stereocenters. The highest BCUT2D eigenvalue weighted by Crippen LogP contribution is 2.37. The maximum atomic E-state index is 11.9. The second-order valence-electron chi connectivity index (χ2n) is 4.99. The van der Waals surface area contributed by atoms with E-state index in [2.05, 4.69) is 20.5 Å². The molecule has 1 aliphatic rings. The highest BCUT2D eigenvalue weighted by Gasteiger charge is 2.30. The molecule has 104 valence electrons. The SMILES string of the molecule is CCC(C)[C@H](NC(=O)c1n[nH]c(C2CC2)n1)C(=O)O. The second-order valence-corrected chi connectivity index (χ2v) is 4.99. The van der Waals surface area contributed by atoms with Crippen LogP contribution in [-0.2, 0) is 4.79 Å². The van der Waals surface area contributed by atoms with Crippen LogP contribution in [-0.4, -0.2) is 38.2 Å². The third kappa shape index (κ3) is 3.10. The number of aromatic nitrogens is 3. The van der Waals surface area contributed by atoms with Crippen LogP contribution in [0.25, 0.3) is 0 Å². The standard InChI is InChI=1S/C12H18N4O3/c1-3-6(2)8(12(18)19)13-11(17)10-14-9(15-16-10)7-4-5-7/h6-8H,3-5H2,1-2H3,(H,13,17)(H,18,19)(H,14,15,16)/t6?,8-/m0/s1. The van der Waals surface area contributed by atoms with Crippen LogP contribution in [0.15, 0.2) is 0 Å². The average Bonchev–Trinajstić information content (AvgIpc) is 3.12. The number of nitrogens with zero attached hydrogens (tertiary/aromatic N) is 2. The molecule has 3 N–H and O–H groups in total. The van der Waals surface area contributed by atoms with E-state index in [1.54, 1.807) is 6.92 Å². The summed E-state index contributed by atoms with van der Waals surface area (Å²) >= 11 is 0. The van der Waals surface area contributed by atoms with Gasteiger partial charge in [0.15, 0.2) is 0 Å². The molecule has 0 spiro atoms. The summed E-state index contributed by atoms with van der Waals surface area (Å²) in [4.78, 5) is 27.1. The van der Waals surface area contributed by atoms with E-state index in [0.717, 1.165) is 12.8 Å². The minimum atomic E-state index is -1.04. The largest absolute Gasteiger partial charge is 0.480 e. The molecule has 0 saturated heterocycles. The van der Waals surface area contributed by atoms with E-state index in [9.17, 15) is 9.59 Å². The van der Waals surface area contributed by atoms with Crippen molar-refractivity contribution in [3.63, 3.8) is 0 Å². The Morgan fingerprint density at radius 3 is 2.74 bits per heavy atom. The Morgan fingerprint density at radius 1 is 1.53 bits per heavy atom. The van der Waals surface area contributed by atoms with Crippen molar-refractivity contribution in [1.29, 1.82) is 0 Å². The zero-order chi connectivity index (χ0) is 14.0. The Hall–Kier alpha value is -1.92. The van der Waals surface area contributed by atoms with Gasteiger partial charge < -0.3 is 10.4 Å². The number of nitrogens with one attached hydrogen (secondary N) is 2. The van der Waals surface area contributed by atoms with Crippen LogP contribution >= 0.6 is 0 Å². The molecule has 7 heteroatoms. The van der Waals surface area contributed by atoms with Gasteiger partial charge in [0, 0.05) is 5.92 Å². The van der Waals surface area contributed by atoms with Gasteiger partial charge in [-0.25, -0.2) is 9.78 Å². The van der Waals surface area contributed by atoms with E-state index in [1.165, 1.54) is 0 Å². The fraction of sp³-hybridized carbons (Fsp3) is 0.667. The summed E-state index contributed by atoms with van der Waals surface area (Å²) in [6.45, 7) is 3.66. The third-order valence-corrected chi connectivity index (χ3v) is 3.44. The van der Waals surface area contributed by atoms with Gasteiger partial charge in [-0.1, -0.05) is 20.3 Å². The van der Waals surface area contributed by atoms with Crippen LogP contribution < -0.4 is 5.32 Å². The lowest BCUT2D eigenvalue weighted by Crippen LogP contribution is -2.45. The van der Waals surface area contributed by atoms with Crippen LogP contribution in [0.5, 0.6) is 0 Å². The smallest absolute Gasteiger partial charge is 0.326 e. The maximum Gasteiger partial charge on any atom is 0.326 e. The molecule has 2 atom stereocenters. The monoisotopic (exact) mass is 266 g/mol. The molecular formula is C12H18N4O3. The van der Waals surface area contributed by atoms with Crippen LogP contribution in [0.3, 0.4) is 0 Å². The number of hydrogen-bond donors (Lipinski definition) is 3. The first-order valence-corrected chi connectivity index (χ1v) is 6.48.